The van der Waals surface area contributed by atoms with Crippen molar-refractivity contribution < 1.29 is 4.79 Å². The maximum Gasteiger partial charge on any atom is 0.124 e. The molecule has 0 aromatic rings. The molecule has 0 unspecified atom stereocenters. The average molecular weight is 152 g/mol. The second kappa shape index (κ2) is 5.90. The first kappa shape index (κ1) is 10.2. The molecule has 0 aliphatic heterocycles. The third-order valence-corrected chi connectivity index (χ3v) is 1.45. The topological polar surface area (TPSA) is 17.1 Å². The third-order valence-electron chi connectivity index (χ3n) is 1.45. The van der Waals surface area contributed by atoms with Gasteiger partial charge >= 0.3 is 0 Å². The minimum absolute atomic E-state index is 0.444. The molecule has 0 rings (SSSR count). The average Bonchev–Trinajstić information content (AvgIpc) is 1.87. The van der Waals surface area contributed by atoms with E-state index in [9.17, 15) is 4.79 Å². The Balaban J connectivity index is 3.95. The Hall–Kier alpha value is -0.850. The summed E-state index contributed by atoms with van der Waals surface area (Å²) < 4.78 is 0. The van der Waals surface area contributed by atoms with Gasteiger partial charge in [0.05, 0.1) is 0 Å². The molecular formula is C10H16O. The van der Waals surface area contributed by atoms with E-state index >= 15 is 0 Å². The van der Waals surface area contributed by atoms with Crippen LogP contribution in [0.2, 0.25) is 0 Å². The van der Waals surface area contributed by atoms with Crippen molar-refractivity contribution in [3.05, 3.63) is 23.8 Å². The Kier molecular flexibility index (Phi) is 5.44. The van der Waals surface area contributed by atoms with Crippen LogP contribution in [0.1, 0.15) is 27.2 Å². The molecule has 0 bridgehead atoms. The fourth-order valence-corrected chi connectivity index (χ4v) is 1.01. The lowest BCUT2D eigenvalue weighted by molar-refractivity contribution is -0.107. The normalized spacial score (nSPS) is 15.4. The largest absolute Gasteiger partial charge is 0.303 e. The Bertz CT molecular complexity index is 166. The van der Waals surface area contributed by atoms with Crippen LogP contribution < -0.4 is 0 Å². The molecule has 0 N–H and O–H groups in total. The van der Waals surface area contributed by atoms with Crippen LogP contribution in [0.25, 0.3) is 0 Å². The number of aldehydes is 1. The molecule has 1 atom stereocenters. The van der Waals surface area contributed by atoms with Gasteiger partial charge in [-0.2, -0.15) is 0 Å². The molecular weight excluding hydrogens is 136 g/mol. The van der Waals surface area contributed by atoms with Crippen molar-refractivity contribution in [1.82, 2.24) is 0 Å². The van der Waals surface area contributed by atoms with Crippen molar-refractivity contribution >= 4 is 6.29 Å². The van der Waals surface area contributed by atoms with Gasteiger partial charge in [0.2, 0.25) is 0 Å². The van der Waals surface area contributed by atoms with E-state index in [0.29, 0.717) is 12.3 Å². The minimum Gasteiger partial charge on any atom is -0.303 e. The van der Waals surface area contributed by atoms with Crippen LogP contribution in [-0.4, -0.2) is 6.29 Å². The summed E-state index contributed by atoms with van der Waals surface area (Å²) in [6, 6.07) is 0. The Morgan fingerprint density at radius 2 is 2.18 bits per heavy atom. The predicted octanol–water partition coefficient (Wildman–Crippen LogP) is 2.73. The molecule has 0 aliphatic carbocycles. The molecule has 0 aliphatic rings. The number of carbonyl (C=O) groups is 1. The van der Waals surface area contributed by atoms with E-state index in [0.717, 1.165) is 11.9 Å². The summed E-state index contributed by atoms with van der Waals surface area (Å²) >= 11 is 0. The van der Waals surface area contributed by atoms with Gasteiger partial charge < -0.3 is 4.79 Å². The van der Waals surface area contributed by atoms with E-state index in [-0.39, 0.29) is 0 Å². The van der Waals surface area contributed by atoms with E-state index in [1.54, 1.807) is 0 Å². The smallest absolute Gasteiger partial charge is 0.124 e. The van der Waals surface area contributed by atoms with Gasteiger partial charge in [-0.3, -0.25) is 0 Å². The van der Waals surface area contributed by atoms with E-state index in [1.165, 1.54) is 0 Å². The zero-order valence-electron chi connectivity index (χ0n) is 7.50. The van der Waals surface area contributed by atoms with Crippen LogP contribution in [0, 0.1) is 5.92 Å². The van der Waals surface area contributed by atoms with Crippen molar-refractivity contribution in [2.75, 3.05) is 0 Å². The van der Waals surface area contributed by atoms with Crippen molar-refractivity contribution in [2.24, 2.45) is 5.92 Å². The summed E-state index contributed by atoms with van der Waals surface area (Å²) in [5.41, 5.74) is 1.14. The summed E-state index contributed by atoms with van der Waals surface area (Å²) in [6.07, 6.45) is 7.73. The highest BCUT2D eigenvalue weighted by Gasteiger charge is 1.92. The maximum atomic E-state index is 10.1. The summed E-state index contributed by atoms with van der Waals surface area (Å²) in [7, 11) is 0. The lowest BCUT2D eigenvalue weighted by atomic mass is 10.1. The molecule has 0 aromatic heterocycles. The van der Waals surface area contributed by atoms with Crippen molar-refractivity contribution in [2.45, 2.75) is 27.2 Å². The number of allylic oxidation sites excluding steroid dienone is 4. The molecule has 0 radical (unpaired) electrons. The lowest BCUT2D eigenvalue weighted by Crippen LogP contribution is -1.86. The van der Waals surface area contributed by atoms with E-state index in [4.69, 9.17) is 0 Å². The highest BCUT2D eigenvalue weighted by Crippen LogP contribution is 2.06. The van der Waals surface area contributed by atoms with Crippen LogP contribution in [0.15, 0.2) is 23.8 Å². The molecule has 0 amide bonds. The first-order valence-electron chi connectivity index (χ1n) is 3.94. The van der Waals surface area contributed by atoms with Gasteiger partial charge in [-0.15, -0.1) is 0 Å². The predicted molar refractivity (Wildman–Crippen MR) is 48.4 cm³/mol. The first-order valence-corrected chi connectivity index (χ1v) is 3.94. The second-order valence-corrected chi connectivity index (χ2v) is 2.77. The molecule has 0 spiro atoms. The van der Waals surface area contributed by atoms with Crippen molar-refractivity contribution in [3.8, 4) is 0 Å². The number of rotatable bonds is 4. The molecule has 0 heterocycles. The Morgan fingerprint density at radius 1 is 1.55 bits per heavy atom. The zero-order chi connectivity index (χ0) is 8.69. The summed E-state index contributed by atoms with van der Waals surface area (Å²) in [4.78, 5) is 10.1. The molecule has 62 valence electrons. The molecule has 0 saturated carbocycles. The molecule has 0 aromatic carbocycles. The maximum absolute atomic E-state index is 10.1. The monoisotopic (exact) mass is 152 g/mol. The fraction of sp³-hybridized carbons (Fsp3) is 0.500. The Labute approximate surface area is 68.8 Å². The van der Waals surface area contributed by atoms with Crippen LogP contribution in [-0.2, 0) is 4.79 Å². The van der Waals surface area contributed by atoms with E-state index in [1.807, 2.05) is 19.9 Å². The molecule has 11 heavy (non-hydrogen) atoms. The SMILES string of the molecule is C/C=C/[C@H](C)/C=C(/C)CC=O. The minimum atomic E-state index is 0.444. The molecule has 1 nitrogen and oxygen atoms in total. The zero-order valence-corrected chi connectivity index (χ0v) is 7.50. The van der Waals surface area contributed by atoms with Crippen molar-refractivity contribution in [3.63, 3.8) is 0 Å². The highest BCUT2D eigenvalue weighted by atomic mass is 16.1. The van der Waals surface area contributed by atoms with Crippen LogP contribution in [0.4, 0.5) is 0 Å². The number of hydrogen-bond acceptors (Lipinski definition) is 1. The summed E-state index contributed by atoms with van der Waals surface area (Å²) in [5, 5.41) is 0. The summed E-state index contributed by atoms with van der Waals surface area (Å²) in [5.74, 6) is 0.444. The van der Waals surface area contributed by atoms with Crippen LogP contribution >= 0.6 is 0 Å². The van der Waals surface area contributed by atoms with Gasteiger partial charge in [0.25, 0.3) is 0 Å². The van der Waals surface area contributed by atoms with Crippen LogP contribution in [0.3, 0.4) is 0 Å². The fourth-order valence-electron chi connectivity index (χ4n) is 1.01. The molecule has 0 saturated heterocycles. The first-order chi connectivity index (χ1) is 5.20. The molecule has 0 fully saturated rings. The lowest BCUT2D eigenvalue weighted by Gasteiger charge is -1.99. The van der Waals surface area contributed by atoms with E-state index in [2.05, 4.69) is 19.1 Å². The number of hydrogen-bond donors (Lipinski definition) is 0. The second-order valence-electron chi connectivity index (χ2n) is 2.77. The van der Waals surface area contributed by atoms with Gasteiger partial charge in [-0.25, -0.2) is 0 Å². The Morgan fingerprint density at radius 3 is 2.64 bits per heavy atom. The standard InChI is InChI=1S/C10H16O/c1-4-5-9(2)8-10(3)6-7-11/h4-5,7-9H,6H2,1-3H3/b5-4+,10-8-/t9-/m0/s1. The molecule has 1 heteroatoms. The van der Waals surface area contributed by atoms with Gasteiger partial charge in [0.1, 0.15) is 6.29 Å². The van der Waals surface area contributed by atoms with Crippen LogP contribution in [0.5, 0.6) is 0 Å². The van der Waals surface area contributed by atoms with Gasteiger partial charge in [-0.1, -0.05) is 30.7 Å². The quantitative estimate of drug-likeness (QED) is 0.447. The third kappa shape index (κ3) is 5.59. The number of carbonyl (C=O) groups excluding carboxylic acids is 1. The van der Waals surface area contributed by atoms with Gasteiger partial charge in [0.15, 0.2) is 0 Å². The van der Waals surface area contributed by atoms with Gasteiger partial charge in [-0.05, 0) is 19.8 Å². The van der Waals surface area contributed by atoms with Gasteiger partial charge in [0, 0.05) is 6.42 Å². The summed E-state index contributed by atoms with van der Waals surface area (Å²) in [6.45, 7) is 6.09. The highest BCUT2D eigenvalue weighted by molar-refractivity contribution is 5.53. The van der Waals surface area contributed by atoms with E-state index < -0.39 is 0 Å². The van der Waals surface area contributed by atoms with Crippen molar-refractivity contribution in [1.29, 1.82) is 0 Å².